The van der Waals surface area contributed by atoms with Gasteiger partial charge in [-0.25, -0.2) is 4.79 Å². The lowest BCUT2D eigenvalue weighted by Gasteiger charge is -2.22. The molecule has 1 rings (SSSR count). The zero-order chi connectivity index (χ0) is 18.3. The van der Waals surface area contributed by atoms with E-state index in [0.29, 0.717) is 5.69 Å². The number of carbonyl (C=O) groups is 2. The minimum absolute atomic E-state index is 0.295. The molecule has 1 aromatic rings. The van der Waals surface area contributed by atoms with Crippen molar-refractivity contribution < 1.29 is 14.3 Å². The number of carbonyl (C=O) groups excluding carboxylic acids is 2. The fourth-order valence-corrected chi connectivity index (χ4v) is 2.14. The van der Waals surface area contributed by atoms with Gasteiger partial charge in [0.15, 0.2) is 0 Å². The van der Waals surface area contributed by atoms with Gasteiger partial charge >= 0.3 is 6.09 Å². The number of benzene rings is 1. The molecule has 2 amide bonds. The molecule has 1 unspecified atom stereocenters. The summed E-state index contributed by atoms with van der Waals surface area (Å²) in [5, 5.41) is 5.31. The molecule has 0 heterocycles. The van der Waals surface area contributed by atoms with E-state index < -0.39 is 17.7 Å². The highest BCUT2D eigenvalue weighted by atomic mass is 16.6. The fraction of sp³-hybridized carbons (Fsp3) is 0.556. The summed E-state index contributed by atoms with van der Waals surface area (Å²) in [5.41, 5.74) is 1.20. The first-order chi connectivity index (χ1) is 11.2. The van der Waals surface area contributed by atoms with E-state index in [9.17, 15) is 9.59 Å². The van der Waals surface area contributed by atoms with Crippen molar-refractivity contribution in [3.8, 4) is 0 Å². The van der Waals surface area contributed by atoms with Crippen molar-refractivity contribution in [3.63, 3.8) is 0 Å². The second-order valence-electron chi connectivity index (χ2n) is 6.58. The number of alkyl carbamates (subject to hydrolysis) is 1. The highest BCUT2D eigenvalue weighted by molar-refractivity contribution is 5.96. The normalized spacial score (nSPS) is 12.2. The number of ether oxygens (including phenoxy) is 1. The van der Waals surface area contributed by atoms with E-state index in [0.717, 1.165) is 18.8 Å². The van der Waals surface area contributed by atoms with Crippen molar-refractivity contribution in [2.24, 2.45) is 0 Å². The van der Waals surface area contributed by atoms with Crippen LogP contribution in [0.3, 0.4) is 0 Å². The van der Waals surface area contributed by atoms with Crippen LogP contribution in [-0.4, -0.2) is 36.7 Å². The van der Waals surface area contributed by atoms with Crippen LogP contribution in [0.25, 0.3) is 0 Å². The highest BCUT2D eigenvalue weighted by Crippen LogP contribution is 2.17. The summed E-state index contributed by atoms with van der Waals surface area (Å²) in [6.07, 6.45) is -0.609. The maximum atomic E-state index is 12.2. The van der Waals surface area contributed by atoms with Crippen LogP contribution in [0, 0.1) is 0 Å². The van der Waals surface area contributed by atoms with E-state index in [1.165, 1.54) is 0 Å². The average Bonchev–Trinajstić information content (AvgIpc) is 2.48. The number of anilines is 2. The summed E-state index contributed by atoms with van der Waals surface area (Å²) in [6, 6.07) is 6.95. The minimum Gasteiger partial charge on any atom is -0.444 e. The molecule has 0 aliphatic rings. The Balaban J connectivity index is 2.59. The van der Waals surface area contributed by atoms with Crippen molar-refractivity contribution in [1.82, 2.24) is 5.32 Å². The van der Waals surface area contributed by atoms with Gasteiger partial charge < -0.3 is 20.3 Å². The van der Waals surface area contributed by atoms with E-state index in [1.807, 2.05) is 24.3 Å². The molecule has 2 N–H and O–H groups in total. The quantitative estimate of drug-likeness (QED) is 0.836. The third-order valence-electron chi connectivity index (χ3n) is 3.39. The highest BCUT2D eigenvalue weighted by Gasteiger charge is 2.21. The standard InChI is InChI=1S/C18H29N3O3/c1-7-21(8-2)15-11-9-14(10-12-15)20-16(22)13(3)19-17(23)24-18(4,5)6/h9-13H,7-8H2,1-6H3,(H,19,23)(H,20,22). The van der Waals surface area contributed by atoms with Gasteiger partial charge in [0, 0.05) is 24.5 Å². The molecule has 0 aromatic heterocycles. The first kappa shape index (κ1) is 19.8. The molecule has 6 heteroatoms. The van der Waals surface area contributed by atoms with Crippen LogP contribution in [-0.2, 0) is 9.53 Å². The van der Waals surface area contributed by atoms with Gasteiger partial charge in [-0.2, -0.15) is 0 Å². The van der Waals surface area contributed by atoms with Crippen LogP contribution in [0.1, 0.15) is 41.5 Å². The van der Waals surface area contributed by atoms with E-state index in [4.69, 9.17) is 4.74 Å². The van der Waals surface area contributed by atoms with Crippen LogP contribution in [0.5, 0.6) is 0 Å². The van der Waals surface area contributed by atoms with Crippen LogP contribution in [0.15, 0.2) is 24.3 Å². The lowest BCUT2D eigenvalue weighted by atomic mass is 10.2. The van der Waals surface area contributed by atoms with Crippen LogP contribution in [0.2, 0.25) is 0 Å². The SMILES string of the molecule is CCN(CC)c1ccc(NC(=O)C(C)NC(=O)OC(C)(C)C)cc1. The molecular weight excluding hydrogens is 306 g/mol. The van der Waals surface area contributed by atoms with E-state index in [-0.39, 0.29) is 5.91 Å². The number of nitrogens with one attached hydrogen (secondary N) is 2. The minimum atomic E-state index is -0.692. The van der Waals surface area contributed by atoms with E-state index >= 15 is 0 Å². The van der Waals surface area contributed by atoms with Gasteiger partial charge in [0.25, 0.3) is 0 Å². The lowest BCUT2D eigenvalue weighted by molar-refractivity contribution is -0.117. The number of rotatable bonds is 6. The Morgan fingerprint density at radius 2 is 1.67 bits per heavy atom. The van der Waals surface area contributed by atoms with Crippen molar-refractivity contribution in [1.29, 1.82) is 0 Å². The van der Waals surface area contributed by atoms with Gasteiger partial charge in [-0.1, -0.05) is 0 Å². The molecule has 1 atom stereocenters. The number of amides is 2. The molecule has 6 nitrogen and oxygen atoms in total. The summed E-state index contributed by atoms with van der Waals surface area (Å²) < 4.78 is 5.14. The molecular formula is C18H29N3O3. The van der Waals surface area contributed by atoms with Gasteiger partial charge in [0.2, 0.25) is 5.91 Å². The Hall–Kier alpha value is -2.24. The van der Waals surface area contributed by atoms with Crippen molar-refractivity contribution in [2.45, 2.75) is 53.2 Å². The molecule has 0 aliphatic heterocycles. The number of hydrogen-bond donors (Lipinski definition) is 2. The Morgan fingerprint density at radius 3 is 2.12 bits per heavy atom. The molecule has 0 saturated heterocycles. The van der Waals surface area contributed by atoms with Crippen LogP contribution < -0.4 is 15.5 Å². The molecule has 0 saturated carbocycles. The van der Waals surface area contributed by atoms with Crippen molar-refractivity contribution in [3.05, 3.63) is 24.3 Å². The molecule has 0 aliphatic carbocycles. The Morgan fingerprint density at radius 1 is 1.12 bits per heavy atom. The molecule has 0 radical (unpaired) electrons. The van der Waals surface area contributed by atoms with E-state index in [2.05, 4.69) is 29.4 Å². The van der Waals surface area contributed by atoms with Gasteiger partial charge in [-0.15, -0.1) is 0 Å². The molecule has 0 spiro atoms. The van der Waals surface area contributed by atoms with Gasteiger partial charge in [-0.05, 0) is 65.8 Å². The van der Waals surface area contributed by atoms with Gasteiger partial charge in [-0.3, -0.25) is 4.79 Å². The third kappa shape index (κ3) is 6.48. The predicted molar refractivity (Wildman–Crippen MR) is 97.5 cm³/mol. The topological polar surface area (TPSA) is 70.7 Å². The fourth-order valence-electron chi connectivity index (χ4n) is 2.14. The first-order valence-corrected chi connectivity index (χ1v) is 8.31. The zero-order valence-electron chi connectivity index (χ0n) is 15.5. The zero-order valence-corrected chi connectivity index (χ0v) is 15.5. The Bertz CT molecular complexity index is 546. The maximum absolute atomic E-state index is 12.2. The summed E-state index contributed by atoms with van der Waals surface area (Å²) in [5.74, 6) is -0.295. The van der Waals surface area contributed by atoms with Crippen LogP contribution >= 0.6 is 0 Å². The van der Waals surface area contributed by atoms with Crippen molar-refractivity contribution in [2.75, 3.05) is 23.3 Å². The van der Waals surface area contributed by atoms with Gasteiger partial charge in [0.05, 0.1) is 0 Å². The predicted octanol–water partition coefficient (Wildman–Crippen LogP) is 3.38. The second kappa shape index (κ2) is 8.57. The molecule has 0 bridgehead atoms. The molecule has 24 heavy (non-hydrogen) atoms. The van der Waals surface area contributed by atoms with Crippen LogP contribution in [0.4, 0.5) is 16.2 Å². The Kier molecular flexibility index (Phi) is 7.07. The largest absolute Gasteiger partial charge is 0.444 e. The average molecular weight is 335 g/mol. The van der Waals surface area contributed by atoms with Gasteiger partial charge in [0.1, 0.15) is 11.6 Å². The first-order valence-electron chi connectivity index (χ1n) is 8.31. The summed E-state index contributed by atoms with van der Waals surface area (Å²) in [4.78, 5) is 26.1. The monoisotopic (exact) mass is 335 g/mol. The second-order valence-corrected chi connectivity index (χ2v) is 6.58. The smallest absolute Gasteiger partial charge is 0.408 e. The lowest BCUT2D eigenvalue weighted by Crippen LogP contribution is -2.43. The maximum Gasteiger partial charge on any atom is 0.408 e. The molecule has 0 fully saturated rings. The molecule has 134 valence electrons. The Labute approximate surface area is 144 Å². The van der Waals surface area contributed by atoms with E-state index in [1.54, 1.807) is 27.7 Å². The van der Waals surface area contributed by atoms with Crippen molar-refractivity contribution >= 4 is 23.4 Å². The summed E-state index contributed by atoms with van der Waals surface area (Å²) >= 11 is 0. The number of hydrogen-bond acceptors (Lipinski definition) is 4. The summed E-state index contributed by atoms with van der Waals surface area (Å²) in [7, 11) is 0. The third-order valence-corrected chi connectivity index (χ3v) is 3.39. The number of nitrogens with zero attached hydrogens (tertiary/aromatic N) is 1. The molecule has 1 aromatic carbocycles. The summed E-state index contributed by atoms with van der Waals surface area (Å²) in [6.45, 7) is 13.0.